The number of benzene rings is 2. The standard InChI is InChI=1S/C28H33N7O8/c29-27(30)31-13-7-12-20-25(40)35(28(43)34(20)15-17-8-3-1-4-9-17)16-21(36)32-19(14-22(37)38)24(39)33-23(26(41)42)18-10-5-2-6-11-18/h1-6,8-11,19,23,40H,7,12-16H2,(H,32,36)(H,33,39)(H,37,38)(H,41,42)(H4,29,30,31)/t19-,23-/m0/s1. The number of nitrogens with two attached hydrogens (primary N) is 2. The molecule has 0 saturated carbocycles. The molecule has 15 nitrogen and oxygen atoms in total. The summed E-state index contributed by atoms with van der Waals surface area (Å²) in [5.74, 6) is -5.47. The molecule has 3 aromatic rings. The van der Waals surface area contributed by atoms with E-state index in [1.807, 2.05) is 0 Å². The molecule has 0 aliphatic carbocycles. The predicted molar refractivity (Wildman–Crippen MR) is 154 cm³/mol. The number of amides is 2. The number of rotatable bonds is 15. The van der Waals surface area contributed by atoms with Gasteiger partial charge in [-0.15, -0.1) is 0 Å². The van der Waals surface area contributed by atoms with Crippen LogP contribution < -0.4 is 27.8 Å². The lowest BCUT2D eigenvalue weighted by Gasteiger charge is -2.20. The van der Waals surface area contributed by atoms with Gasteiger partial charge < -0.3 is 37.4 Å². The van der Waals surface area contributed by atoms with E-state index in [0.29, 0.717) is 6.42 Å². The molecular formula is C28H33N7O8. The van der Waals surface area contributed by atoms with E-state index in [1.54, 1.807) is 48.5 Å². The zero-order chi connectivity index (χ0) is 31.5. The second kappa shape index (κ2) is 14.9. The SMILES string of the molecule is NC(N)=NCCCc1c(O)n(CC(=O)N[C@@H](CC(=O)O)C(=O)N[C@H](C(=O)O)c2ccccc2)c(=O)n1Cc1ccccc1. The molecule has 0 saturated heterocycles. The number of aromatic hydroxyl groups is 1. The first-order valence-electron chi connectivity index (χ1n) is 13.2. The summed E-state index contributed by atoms with van der Waals surface area (Å²) in [6, 6.07) is 13.5. The van der Waals surface area contributed by atoms with Crippen molar-refractivity contribution in [2.75, 3.05) is 6.54 Å². The molecule has 0 fully saturated rings. The number of aliphatic imine (C=N–C) groups is 1. The van der Waals surface area contributed by atoms with Crippen LogP contribution in [0.4, 0.5) is 0 Å². The minimum Gasteiger partial charge on any atom is -0.493 e. The number of hydrogen-bond donors (Lipinski definition) is 7. The van der Waals surface area contributed by atoms with Crippen LogP contribution in [0.5, 0.6) is 5.88 Å². The third kappa shape index (κ3) is 8.94. The Kier molecular flexibility index (Phi) is 11.0. The highest BCUT2D eigenvalue weighted by Gasteiger charge is 2.30. The monoisotopic (exact) mass is 595 g/mol. The van der Waals surface area contributed by atoms with Crippen molar-refractivity contribution in [1.29, 1.82) is 0 Å². The van der Waals surface area contributed by atoms with Crippen LogP contribution in [0.25, 0.3) is 0 Å². The summed E-state index contributed by atoms with van der Waals surface area (Å²) in [5.41, 5.74) is 11.2. The van der Waals surface area contributed by atoms with Crippen molar-refractivity contribution in [2.24, 2.45) is 16.5 Å². The zero-order valence-electron chi connectivity index (χ0n) is 23.1. The average Bonchev–Trinajstić information content (AvgIpc) is 3.17. The van der Waals surface area contributed by atoms with Crippen molar-refractivity contribution in [2.45, 2.75) is 44.4 Å². The predicted octanol–water partition coefficient (Wildman–Crippen LogP) is -0.489. The van der Waals surface area contributed by atoms with E-state index in [2.05, 4.69) is 15.6 Å². The molecule has 3 rings (SSSR count). The number of carboxylic acids is 2. The van der Waals surface area contributed by atoms with Gasteiger partial charge in [-0.2, -0.15) is 0 Å². The van der Waals surface area contributed by atoms with Crippen LogP contribution in [-0.4, -0.2) is 66.8 Å². The van der Waals surface area contributed by atoms with Gasteiger partial charge in [0.2, 0.25) is 17.7 Å². The molecular weight excluding hydrogens is 562 g/mol. The topological polar surface area (TPSA) is 244 Å². The lowest BCUT2D eigenvalue weighted by Crippen LogP contribution is -2.50. The molecule has 0 spiro atoms. The number of carbonyl (C=O) groups excluding carboxylic acids is 2. The van der Waals surface area contributed by atoms with Gasteiger partial charge in [-0.05, 0) is 24.0 Å². The Morgan fingerprint density at radius 2 is 1.53 bits per heavy atom. The molecule has 15 heteroatoms. The molecule has 0 aliphatic rings. The maximum Gasteiger partial charge on any atom is 0.332 e. The summed E-state index contributed by atoms with van der Waals surface area (Å²) in [5, 5.41) is 34.4. The molecule has 0 radical (unpaired) electrons. The molecule has 0 aliphatic heterocycles. The van der Waals surface area contributed by atoms with Gasteiger partial charge in [-0.3, -0.25) is 28.5 Å². The van der Waals surface area contributed by atoms with Gasteiger partial charge in [-0.25, -0.2) is 9.59 Å². The number of imidazole rings is 1. The van der Waals surface area contributed by atoms with Gasteiger partial charge in [0.15, 0.2) is 12.0 Å². The van der Waals surface area contributed by atoms with Crippen LogP contribution in [-0.2, 0) is 38.7 Å². The molecule has 0 unspecified atom stereocenters. The van der Waals surface area contributed by atoms with Crippen LogP contribution in [0.1, 0.15) is 35.7 Å². The van der Waals surface area contributed by atoms with Crippen LogP contribution in [0.3, 0.4) is 0 Å². The highest BCUT2D eigenvalue weighted by atomic mass is 16.4. The molecule has 2 aromatic carbocycles. The van der Waals surface area contributed by atoms with Crippen molar-refractivity contribution < 1.29 is 34.5 Å². The van der Waals surface area contributed by atoms with Gasteiger partial charge in [0.05, 0.1) is 18.7 Å². The van der Waals surface area contributed by atoms with E-state index in [1.165, 1.54) is 16.7 Å². The lowest BCUT2D eigenvalue weighted by molar-refractivity contribution is -0.143. The molecule has 1 aromatic heterocycles. The van der Waals surface area contributed by atoms with Crippen LogP contribution in [0.2, 0.25) is 0 Å². The molecule has 2 atom stereocenters. The average molecular weight is 596 g/mol. The van der Waals surface area contributed by atoms with E-state index in [-0.39, 0.29) is 36.7 Å². The molecule has 2 amide bonds. The smallest absolute Gasteiger partial charge is 0.332 e. The number of carboxylic acid groups (broad SMARTS) is 2. The van der Waals surface area contributed by atoms with Gasteiger partial charge in [0, 0.05) is 6.54 Å². The second-order valence-electron chi connectivity index (χ2n) is 9.53. The maximum absolute atomic E-state index is 13.3. The molecule has 9 N–H and O–H groups in total. The number of aliphatic carboxylic acids is 2. The fourth-order valence-corrected chi connectivity index (χ4v) is 4.34. The summed E-state index contributed by atoms with van der Waals surface area (Å²) >= 11 is 0. The Morgan fingerprint density at radius 1 is 0.907 bits per heavy atom. The van der Waals surface area contributed by atoms with Gasteiger partial charge in [0.25, 0.3) is 0 Å². The first-order valence-corrected chi connectivity index (χ1v) is 13.2. The van der Waals surface area contributed by atoms with E-state index < -0.39 is 60.4 Å². The Hall–Kier alpha value is -5.60. The number of nitrogens with one attached hydrogen (secondary N) is 2. The Balaban J connectivity index is 1.84. The van der Waals surface area contributed by atoms with E-state index >= 15 is 0 Å². The van der Waals surface area contributed by atoms with Crippen molar-refractivity contribution in [3.05, 3.63) is 88.0 Å². The van der Waals surface area contributed by atoms with Crippen molar-refractivity contribution >= 4 is 29.7 Å². The summed E-state index contributed by atoms with van der Waals surface area (Å²) in [6.45, 7) is -0.448. The number of guanidine groups is 1. The van der Waals surface area contributed by atoms with E-state index in [4.69, 9.17) is 11.5 Å². The van der Waals surface area contributed by atoms with Crippen molar-refractivity contribution in [3.63, 3.8) is 0 Å². The quantitative estimate of drug-likeness (QED) is 0.0675. The first kappa shape index (κ1) is 31.9. The summed E-state index contributed by atoms with van der Waals surface area (Å²) in [7, 11) is 0. The Morgan fingerprint density at radius 3 is 2.12 bits per heavy atom. The summed E-state index contributed by atoms with van der Waals surface area (Å²) in [4.78, 5) is 66.4. The zero-order valence-corrected chi connectivity index (χ0v) is 23.1. The maximum atomic E-state index is 13.3. The van der Waals surface area contributed by atoms with Gasteiger partial charge >= 0.3 is 17.6 Å². The second-order valence-corrected chi connectivity index (χ2v) is 9.53. The molecule has 228 valence electrons. The third-order valence-corrected chi connectivity index (χ3v) is 6.35. The highest BCUT2D eigenvalue weighted by molar-refractivity contribution is 5.93. The van der Waals surface area contributed by atoms with Crippen LogP contribution in [0.15, 0.2) is 70.5 Å². The van der Waals surface area contributed by atoms with Crippen LogP contribution >= 0.6 is 0 Å². The summed E-state index contributed by atoms with van der Waals surface area (Å²) < 4.78 is 2.10. The largest absolute Gasteiger partial charge is 0.493 e. The van der Waals surface area contributed by atoms with E-state index in [0.717, 1.165) is 10.1 Å². The number of carbonyl (C=O) groups is 4. The van der Waals surface area contributed by atoms with Crippen molar-refractivity contribution in [3.8, 4) is 5.88 Å². The lowest BCUT2D eigenvalue weighted by atomic mass is 10.1. The first-order chi connectivity index (χ1) is 20.5. The molecule has 43 heavy (non-hydrogen) atoms. The highest BCUT2D eigenvalue weighted by Crippen LogP contribution is 2.19. The molecule has 1 heterocycles. The Labute approximate surface area is 245 Å². The minimum atomic E-state index is -1.68. The number of nitrogens with zero attached hydrogens (tertiary/aromatic N) is 3. The molecule has 0 bridgehead atoms. The number of aromatic nitrogens is 2. The fraction of sp³-hybridized carbons (Fsp3) is 0.286. The fourth-order valence-electron chi connectivity index (χ4n) is 4.34. The summed E-state index contributed by atoms with van der Waals surface area (Å²) in [6.07, 6.45) is -0.326. The normalized spacial score (nSPS) is 12.1. The minimum absolute atomic E-state index is 0.0829. The Bertz CT molecular complexity index is 1530. The van der Waals surface area contributed by atoms with Crippen LogP contribution in [0, 0.1) is 0 Å². The number of hydrogen-bond acceptors (Lipinski definition) is 7. The van der Waals surface area contributed by atoms with Gasteiger partial charge in [0.1, 0.15) is 12.6 Å². The van der Waals surface area contributed by atoms with Crippen molar-refractivity contribution in [1.82, 2.24) is 19.8 Å². The van der Waals surface area contributed by atoms with Gasteiger partial charge in [-0.1, -0.05) is 60.7 Å². The van der Waals surface area contributed by atoms with E-state index in [9.17, 15) is 39.3 Å². The third-order valence-electron chi connectivity index (χ3n) is 6.35.